The van der Waals surface area contributed by atoms with Gasteiger partial charge < -0.3 is 19.5 Å². The van der Waals surface area contributed by atoms with Gasteiger partial charge in [0.25, 0.3) is 11.7 Å². The number of benzene rings is 3. The second-order valence-electron chi connectivity index (χ2n) is 9.81. The fourth-order valence-electron chi connectivity index (χ4n) is 4.39. The topological polar surface area (TPSA) is 79.3 Å². The van der Waals surface area contributed by atoms with Gasteiger partial charge in [-0.2, -0.15) is 0 Å². The van der Waals surface area contributed by atoms with E-state index in [1.807, 2.05) is 50.2 Å². The molecular formula is C31H34N2O5. The number of carbonyl (C=O) groups excluding carboxylic acids is 2. The van der Waals surface area contributed by atoms with E-state index in [9.17, 15) is 14.7 Å². The Bertz CT molecular complexity index is 1330. The van der Waals surface area contributed by atoms with E-state index in [0.717, 1.165) is 5.69 Å². The SMILES string of the molecule is CCOc1cccc(N2C(=O)C(=O)/C(=C(/O)c3ccc(OCC(C)C)cc3)C2c2ccc(N(C)C)cc2)c1. The second kappa shape index (κ2) is 11.4. The van der Waals surface area contributed by atoms with Gasteiger partial charge in [0.1, 0.15) is 17.3 Å². The van der Waals surface area contributed by atoms with Crippen molar-refractivity contribution in [2.75, 3.05) is 37.1 Å². The summed E-state index contributed by atoms with van der Waals surface area (Å²) < 4.78 is 11.4. The smallest absolute Gasteiger partial charge is 0.300 e. The standard InChI is InChI=1S/C31H34N2O5/c1-6-37-26-9-7-8-24(18-26)33-28(21-10-14-23(15-11-21)32(4)5)27(30(35)31(33)36)29(34)22-12-16-25(17-13-22)38-19-20(2)3/h7-18,20,28,34H,6,19H2,1-5H3/b29-27+. The van der Waals surface area contributed by atoms with E-state index in [0.29, 0.717) is 47.4 Å². The zero-order valence-corrected chi connectivity index (χ0v) is 22.5. The van der Waals surface area contributed by atoms with Crippen molar-refractivity contribution in [2.45, 2.75) is 26.8 Å². The Balaban J connectivity index is 1.82. The van der Waals surface area contributed by atoms with Crippen LogP contribution in [0.2, 0.25) is 0 Å². The maximum Gasteiger partial charge on any atom is 0.300 e. The molecule has 38 heavy (non-hydrogen) atoms. The predicted octanol–water partition coefficient (Wildman–Crippen LogP) is 5.81. The summed E-state index contributed by atoms with van der Waals surface area (Å²) in [5.74, 6) is -0.0576. The van der Waals surface area contributed by atoms with Gasteiger partial charge in [-0.3, -0.25) is 14.5 Å². The number of aliphatic hydroxyl groups excluding tert-OH is 1. The maximum absolute atomic E-state index is 13.4. The molecule has 1 saturated heterocycles. The first-order valence-corrected chi connectivity index (χ1v) is 12.8. The third kappa shape index (κ3) is 5.52. The van der Waals surface area contributed by atoms with Crippen LogP contribution in [0.5, 0.6) is 11.5 Å². The predicted molar refractivity (Wildman–Crippen MR) is 150 cm³/mol. The number of nitrogens with zero attached hydrogens (tertiary/aromatic N) is 2. The molecule has 1 heterocycles. The molecule has 0 aromatic heterocycles. The number of rotatable bonds is 9. The van der Waals surface area contributed by atoms with Gasteiger partial charge in [-0.1, -0.05) is 32.0 Å². The summed E-state index contributed by atoms with van der Waals surface area (Å²) in [6.45, 7) is 7.04. The van der Waals surface area contributed by atoms with Crippen LogP contribution in [0.1, 0.15) is 37.9 Å². The summed E-state index contributed by atoms with van der Waals surface area (Å²) >= 11 is 0. The molecule has 1 fully saturated rings. The number of ether oxygens (including phenoxy) is 2. The quantitative estimate of drug-likeness (QED) is 0.220. The molecule has 3 aromatic carbocycles. The molecule has 7 heteroatoms. The van der Waals surface area contributed by atoms with Gasteiger partial charge in [-0.25, -0.2) is 0 Å². The molecule has 1 unspecified atom stereocenters. The summed E-state index contributed by atoms with van der Waals surface area (Å²) in [5, 5.41) is 11.4. The van der Waals surface area contributed by atoms with Crippen LogP contribution in [-0.2, 0) is 9.59 Å². The minimum Gasteiger partial charge on any atom is -0.507 e. The lowest BCUT2D eigenvalue weighted by Crippen LogP contribution is -2.29. The third-order valence-electron chi connectivity index (χ3n) is 6.29. The second-order valence-corrected chi connectivity index (χ2v) is 9.81. The average Bonchev–Trinajstić information content (AvgIpc) is 3.18. The zero-order valence-electron chi connectivity index (χ0n) is 22.5. The van der Waals surface area contributed by atoms with Crippen LogP contribution in [-0.4, -0.2) is 44.1 Å². The fourth-order valence-corrected chi connectivity index (χ4v) is 4.39. The monoisotopic (exact) mass is 514 g/mol. The molecular weight excluding hydrogens is 480 g/mol. The van der Waals surface area contributed by atoms with E-state index in [-0.39, 0.29) is 11.3 Å². The molecule has 198 valence electrons. The van der Waals surface area contributed by atoms with Crippen molar-refractivity contribution in [3.63, 3.8) is 0 Å². The summed E-state index contributed by atoms with van der Waals surface area (Å²) in [4.78, 5) is 30.3. The van der Waals surface area contributed by atoms with Gasteiger partial charge in [0.05, 0.1) is 24.8 Å². The number of carbonyl (C=O) groups is 2. The summed E-state index contributed by atoms with van der Waals surface area (Å²) in [7, 11) is 3.88. The number of amides is 1. The first kappa shape index (κ1) is 26.8. The van der Waals surface area contributed by atoms with E-state index < -0.39 is 17.7 Å². The first-order chi connectivity index (χ1) is 18.2. The summed E-state index contributed by atoms with van der Waals surface area (Å²) in [6.07, 6.45) is 0. The van der Waals surface area contributed by atoms with Crippen molar-refractivity contribution in [1.82, 2.24) is 0 Å². The lowest BCUT2D eigenvalue weighted by Gasteiger charge is -2.26. The Hall–Kier alpha value is -4.26. The van der Waals surface area contributed by atoms with E-state index in [4.69, 9.17) is 9.47 Å². The van der Waals surface area contributed by atoms with Crippen LogP contribution >= 0.6 is 0 Å². The normalized spacial score (nSPS) is 16.7. The van der Waals surface area contributed by atoms with Crippen LogP contribution in [0.15, 0.2) is 78.4 Å². The molecule has 0 saturated carbocycles. The van der Waals surface area contributed by atoms with Crippen LogP contribution in [0.4, 0.5) is 11.4 Å². The van der Waals surface area contributed by atoms with Crippen molar-refractivity contribution in [1.29, 1.82) is 0 Å². The van der Waals surface area contributed by atoms with Crippen LogP contribution in [0.25, 0.3) is 5.76 Å². The molecule has 4 rings (SSSR count). The van der Waals surface area contributed by atoms with Crippen molar-refractivity contribution in [3.8, 4) is 11.5 Å². The van der Waals surface area contributed by atoms with Crippen molar-refractivity contribution >= 4 is 28.8 Å². The van der Waals surface area contributed by atoms with Crippen molar-refractivity contribution in [3.05, 3.63) is 89.5 Å². The third-order valence-corrected chi connectivity index (χ3v) is 6.29. The molecule has 3 aromatic rings. The fraction of sp³-hybridized carbons (Fsp3) is 0.290. The Kier molecular flexibility index (Phi) is 8.05. The number of ketones is 1. The maximum atomic E-state index is 13.4. The van der Waals surface area contributed by atoms with Gasteiger partial charge >= 0.3 is 0 Å². The number of hydrogen-bond acceptors (Lipinski definition) is 6. The Morgan fingerprint density at radius 3 is 2.24 bits per heavy atom. The molecule has 1 aliphatic heterocycles. The van der Waals surface area contributed by atoms with Gasteiger partial charge in [-0.15, -0.1) is 0 Å². The van der Waals surface area contributed by atoms with Gasteiger partial charge in [0, 0.05) is 37.1 Å². The largest absolute Gasteiger partial charge is 0.507 e. The molecule has 1 aliphatic rings. The lowest BCUT2D eigenvalue weighted by molar-refractivity contribution is -0.132. The van der Waals surface area contributed by atoms with Crippen LogP contribution in [0.3, 0.4) is 0 Å². The highest BCUT2D eigenvalue weighted by molar-refractivity contribution is 6.51. The first-order valence-electron chi connectivity index (χ1n) is 12.8. The number of anilines is 2. The van der Waals surface area contributed by atoms with E-state index in [2.05, 4.69) is 13.8 Å². The van der Waals surface area contributed by atoms with Gasteiger partial charge in [-0.05, 0) is 66.9 Å². The lowest BCUT2D eigenvalue weighted by atomic mass is 9.95. The highest BCUT2D eigenvalue weighted by Gasteiger charge is 2.47. The van der Waals surface area contributed by atoms with Crippen LogP contribution in [0, 0.1) is 5.92 Å². The zero-order chi connectivity index (χ0) is 27.4. The molecule has 7 nitrogen and oxygen atoms in total. The molecule has 0 aliphatic carbocycles. The Morgan fingerprint density at radius 1 is 0.947 bits per heavy atom. The average molecular weight is 515 g/mol. The molecule has 1 amide bonds. The van der Waals surface area contributed by atoms with E-state index in [1.165, 1.54) is 4.90 Å². The van der Waals surface area contributed by atoms with Gasteiger partial charge in [0.15, 0.2) is 0 Å². The number of Topliss-reactive ketones (excluding diaryl/α,β-unsaturated/α-hetero) is 1. The van der Waals surface area contributed by atoms with E-state index in [1.54, 1.807) is 48.5 Å². The minimum atomic E-state index is -0.819. The molecule has 0 radical (unpaired) electrons. The van der Waals surface area contributed by atoms with E-state index >= 15 is 0 Å². The highest BCUT2D eigenvalue weighted by atomic mass is 16.5. The van der Waals surface area contributed by atoms with Crippen molar-refractivity contribution in [2.24, 2.45) is 5.92 Å². The van der Waals surface area contributed by atoms with Gasteiger partial charge in [0.2, 0.25) is 0 Å². The molecule has 0 bridgehead atoms. The molecule has 1 atom stereocenters. The summed E-state index contributed by atoms with van der Waals surface area (Å²) in [5.41, 5.74) is 2.65. The Morgan fingerprint density at radius 2 is 1.63 bits per heavy atom. The van der Waals surface area contributed by atoms with Crippen LogP contribution < -0.4 is 19.3 Å². The minimum absolute atomic E-state index is 0.0327. The van der Waals surface area contributed by atoms with Crippen molar-refractivity contribution < 1.29 is 24.2 Å². The number of hydrogen-bond donors (Lipinski definition) is 1. The summed E-state index contributed by atoms with van der Waals surface area (Å²) in [6, 6.07) is 20.7. The number of aliphatic hydroxyl groups is 1. The highest BCUT2D eigenvalue weighted by Crippen LogP contribution is 2.43. The Labute approximate surface area is 223 Å². The molecule has 0 spiro atoms. The molecule has 1 N–H and O–H groups in total.